The lowest BCUT2D eigenvalue weighted by atomic mass is 9.99. The maximum Gasteiger partial charge on any atom is 0.387 e. The first-order valence-electron chi connectivity index (χ1n) is 8.06. The van der Waals surface area contributed by atoms with E-state index in [9.17, 15) is 23.2 Å². The highest BCUT2D eigenvalue weighted by atomic mass is 19.3. The first-order valence-corrected chi connectivity index (χ1v) is 8.06. The number of amides is 1. The molecule has 0 saturated carbocycles. The quantitative estimate of drug-likeness (QED) is 0.618. The number of para-hydroxylation sites is 1. The maximum atomic E-state index is 12.4. The average molecular weight is 375 g/mol. The lowest BCUT2D eigenvalue weighted by Gasteiger charge is -2.10. The van der Waals surface area contributed by atoms with E-state index in [0.717, 1.165) is 0 Å². The first kappa shape index (κ1) is 18.5. The van der Waals surface area contributed by atoms with Crippen molar-refractivity contribution in [2.75, 3.05) is 11.9 Å². The molecule has 1 atom stereocenters. The Morgan fingerprint density at radius 1 is 1.19 bits per heavy atom. The van der Waals surface area contributed by atoms with Gasteiger partial charge in [0.2, 0.25) is 5.91 Å². The summed E-state index contributed by atoms with van der Waals surface area (Å²) in [6.45, 7) is -1.95. The summed E-state index contributed by atoms with van der Waals surface area (Å²) >= 11 is 0. The molecule has 1 aliphatic heterocycles. The summed E-state index contributed by atoms with van der Waals surface area (Å²) < 4.78 is 34.0. The lowest BCUT2D eigenvalue weighted by molar-refractivity contribution is -0.116. The van der Waals surface area contributed by atoms with E-state index in [4.69, 9.17) is 4.74 Å². The van der Waals surface area contributed by atoms with E-state index in [-0.39, 0.29) is 28.7 Å². The molecule has 2 aromatic carbocycles. The van der Waals surface area contributed by atoms with Gasteiger partial charge in [-0.3, -0.25) is 9.59 Å². The highest BCUT2D eigenvalue weighted by Gasteiger charge is 2.27. The van der Waals surface area contributed by atoms with Crippen molar-refractivity contribution >= 4 is 23.3 Å². The molecule has 0 spiro atoms. The van der Waals surface area contributed by atoms with E-state index in [0.29, 0.717) is 11.3 Å². The number of hydrogen-bond donors (Lipinski definition) is 1. The second kappa shape index (κ2) is 7.53. The maximum absolute atomic E-state index is 12.4. The Balaban J connectivity index is 1.68. The normalized spacial score (nSPS) is 15.3. The first-order chi connectivity index (χ1) is 12.9. The van der Waals surface area contributed by atoms with E-state index < -0.39 is 25.0 Å². The molecule has 0 saturated heterocycles. The third kappa shape index (κ3) is 3.94. The van der Waals surface area contributed by atoms with Crippen LogP contribution in [0.4, 0.5) is 14.5 Å². The third-order valence-electron chi connectivity index (χ3n) is 4.15. The Morgan fingerprint density at radius 3 is 2.67 bits per heavy atom. The number of hydrogen-bond acceptors (Lipinski definition) is 5. The van der Waals surface area contributed by atoms with Gasteiger partial charge < -0.3 is 14.8 Å². The molecule has 0 aromatic heterocycles. The molecule has 0 unspecified atom stereocenters. The standard InChI is InChI=1S/C19H15F2NO5/c1-10-13-8-11(6-7-14(13)22-17(10)24)15(23)9-26-18(25)12-4-2-3-5-16(12)27-19(20)21/h2-8,10,19H,9H2,1H3,(H,22,24)/t10-/m0/s1. The smallest absolute Gasteiger partial charge is 0.387 e. The summed E-state index contributed by atoms with van der Waals surface area (Å²) in [5.74, 6) is -2.30. The highest BCUT2D eigenvalue weighted by Crippen LogP contribution is 2.32. The van der Waals surface area contributed by atoms with Crippen LogP contribution in [0.3, 0.4) is 0 Å². The topological polar surface area (TPSA) is 81.7 Å². The Labute approximate surface area is 153 Å². The van der Waals surface area contributed by atoms with Crippen LogP contribution in [0.15, 0.2) is 42.5 Å². The molecule has 140 valence electrons. The van der Waals surface area contributed by atoms with Crippen LogP contribution in [0.2, 0.25) is 0 Å². The largest absolute Gasteiger partial charge is 0.454 e. The van der Waals surface area contributed by atoms with Crippen LogP contribution in [0, 0.1) is 0 Å². The molecule has 1 aliphatic rings. The predicted molar refractivity (Wildman–Crippen MR) is 91.2 cm³/mol. The number of halogens is 2. The molecule has 8 heteroatoms. The number of esters is 1. The number of benzene rings is 2. The number of nitrogens with one attached hydrogen (secondary N) is 1. The minimum atomic E-state index is -3.09. The van der Waals surface area contributed by atoms with E-state index in [2.05, 4.69) is 10.1 Å². The number of Topliss-reactive ketones (excluding diaryl/α,β-unsaturated/α-hetero) is 1. The van der Waals surface area contributed by atoms with Gasteiger partial charge in [-0.1, -0.05) is 12.1 Å². The van der Waals surface area contributed by atoms with Gasteiger partial charge >= 0.3 is 12.6 Å². The lowest BCUT2D eigenvalue weighted by Crippen LogP contribution is -2.16. The summed E-state index contributed by atoms with van der Waals surface area (Å²) in [4.78, 5) is 36.1. The van der Waals surface area contributed by atoms with Gasteiger partial charge in [0.05, 0.1) is 5.92 Å². The van der Waals surface area contributed by atoms with Crippen molar-refractivity contribution in [1.82, 2.24) is 0 Å². The highest BCUT2D eigenvalue weighted by molar-refractivity contribution is 6.05. The molecule has 1 heterocycles. The van der Waals surface area contributed by atoms with Crippen molar-refractivity contribution < 1.29 is 32.6 Å². The number of ketones is 1. The molecule has 0 bridgehead atoms. The summed E-state index contributed by atoms with van der Waals surface area (Å²) in [6.07, 6.45) is 0. The van der Waals surface area contributed by atoms with Gasteiger partial charge in [0.15, 0.2) is 12.4 Å². The summed E-state index contributed by atoms with van der Waals surface area (Å²) in [5.41, 5.74) is 1.40. The SMILES string of the molecule is C[C@@H]1C(=O)Nc2ccc(C(=O)COC(=O)c3ccccc3OC(F)F)cc21. The molecule has 0 radical (unpaired) electrons. The average Bonchev–Trinajstić information content (AvgIpc) is 2.93. The van der Waals surface area contributed by atoms with E-state index in [1.54, 1.807) is 19.1 Å². The number of anilines is 1. The molecule has 1 N–H and O–H groups in total. The van der Waals surface area contributed by atoms with Crippen LogP contribution in [0.25, 0.3) is 0 Å². The number of ether oxygens (including phenoxy) is 2. The number of rotatable bonds is 6. The second-order valence-corrected chi connectivity index (χ2v) is 5.89. The molecule has 2 aromatic rings. The van der Waals surface area contributed by atoms with Crippen molar-refractivity contribution in [3.63, 3.8) is 0 Å². The van der Waals surface area contributed by atoms with Crippen molar-refractivity contribution in [2.45, 2.75) is 19.5 Å². The molecule has 27 heavy (non-hydrogen) atoms. The summed E-state index contributed by atoms with van der Waals surface area (Å²) in [5, 5.41) is 2.70. The fourth-order valence-electron chi connectivity index (χ4n) is 2.72. The molecule has 3 rings (SSSR count). The van der Waals surface area contributed by atoms with Gasteiger partial charge in [-0.15, -0.1) is 0 Å². The molecule has 0 fully saturated rings. The van der Waals surface area contributed by atoms with Gasteiger partial charge in [-0.05, 0) is 42.8 Å². The zero-order valence-electron chi connectivity index (χ0n) is 14.2. The van der Waals surface area contributed by atoms with Crippen molar-refractivity contribution in [3.8, 4) is 5.75 Å². The van der Waals surface area contributed by atoms with Crippen LogP contribution < -0.4 is 10.1 Å². The van der Waals surface area contributed by atoms with Crippen LogP contribution in [-0.2, 0) is 9.53 Å². The fraction of sp³-hybridized carbons (Fsp3) is 0.211. The Morgan fingerprint density at radius 2 is 1.93 bits per heavy atom. The molecule has 6 nitrogen and oxygen atoms in total. The van der Waals surface area contributed by atoms with E-state index in [1.165, 1.54) is 30.3 Å². The summed E-state index contributed by atoms with van der Waals surface area (Å²) in [7, 11) is 0. The predicted octanol–water partition coefficient (Wildman–Crippen LogP) is 3.38. The molecular weight excluding hydrogens is 360 g/mol. The van der Waals surface area contributed by atoms with Crippen LogP contribution in [0.1, 0.15) is 39.1 Å². The zero-order chi connectivity index (χ0) is 19.6. The zero-order valence-corrected chi connectivity index (χ0v) is 14.2. The Kier molecular flexibility index (Phi) is 5.16. The number of carbonyl (C=O) groups excluding carboxylic acids is 3. The number of carbonyl (C=O) groups is 3. The van der Waals surface area contributed by atoms with Crippen LogP contribution in [0.5, 0.6) is 5.75 Å². The van der Waals surface area contributed by atoms with Gasteiger partial charge in [-0.25, -0.2) is 4.79 Å². The van der Waals surface area contributed by atoms with Gasteiger partial charge in [0.1, 0.15) is 11.3 Å². The van der Waals surface area contributed by atoms with Crippen molar-refractivity contribution in [1.29, 1.82) is 0 Å². The molecule has 0 aliphatic carbocycles. The van der Waals surface area contributed by atoms with E-state index >= 15 is 0 Å². The van der Waals surface area contributed by atoms with Gasteiger partial charge in [0, 0.05) is 11.3 Å². The molecule has 1 amide bonds. The Hall–Kier alpha value is -3.29. The minimum Gasteiger partial charge on any atom is -0.454 e. The number of fused-ring (bicyclic) bond motifs is 1. The summed E-state index contributed by atoms with van der Waals surface area (Å²) in [6, 6.07) is 10.1. The minimum absolute atomic E-state index is 0.156. The Bertz CT molecular complexity index is 913. The van der Waals surface area contributed by atoms with Gasteiger partial charge in [0.25, 0.3) is 0 Å². The third-order valence-corrected chi connectivity index (χ3v) is 4.15. The van der Waals surface area contributed by atoms with Gasteiger partial charge in [-0.2, -0.15) is 8.78 Å². The second-order valence-electron chi connectivity index (χ2n) is 5.89. The van der Waals surface area contributed by atoms with Crippen LogP contribution >= 0.6 is 0 Å². The van der Waals surface area contributed by atoms with Crippen molar-refractivity contribution in [3.05, 3.63) is 59.2 Å². The van der Waals surface area contributed by atoms with Crippen molar-refractivity contribution in [2.24, 2.45) is 0 Å². The number of alkyl halides is 2. The van der Waals surface area contributed by atoms with Crippen LogP contribution in [-0.4, -0.2) is 30.9 Å². The monoisotopic (exact) mass is 375 g/mol. The molecular formula is C19H15F2NO5. The van der Waals surface area contributed by atoms with E-state index in [1.807, 2.05) is 0 Å². The fourth-order valence-corrected chi connectivity index (χ4v) is 2.72.